The van der Waals surface area contributed by atoms with Crippen LogP contribution in [-0.2, 0) is 0 Å². The van der Waals surface area contributed by atoms with Crippen LogP contribution in [0.3, 0.4) is 0 Å². The first-order valence-corrected chi connectivity index (χ1v) is 10.0. The lowest BCUT2D eigenvalue weighted by Gasteiger charge is -2.04. The van der Waals surface area contributed by atoms with Gasteiger partial charge in [0.05, 0.1) is 0 Å². The summed E-state index contributed by atoms with van der Waals surface area (Å²) >= 11 is 3.56. The standard InChI is InChI=1S/C26H17BrO/c27-22-13-7-12-20(16-22)21-14-15-23-24(17-21)28-26(19-10-5-2-6-11-19)25(23)18-8-3-1-4-9-18/h1-17H. The predicted octanol–water partition coefficient (Wildman–Crippen LogP) is 8.20. The Balaban J connectivity index is 1.76. The third-order valence-corrected chi connectivity index (χ3v) is 5.44. The summed E-state index contributed by atoms with van der Waals surface area (Å²) < 4.78 is 7.49. The highest BCUT2D eigenvalue weighted by Crippen LogP contribution is 2.42. The second-order valence-electron chi connectivity index (χ2n) is 6.76. The number of halogens is 1. The van der Waals surface area contributed by atoms with Crippen molar-refractivity contribution in [2.75, 3.05) is 0 Å². The molecular formula is C26H17BrO. The van der Waals surface area contributed by atoms with Gasteiger partial charge in [-0.25, -0.2) is 0 Å². The number of hydrogen-bond donors (Lipinski definition) is 0. The average Bonchev–Trinajstić information content (AvgIpc) is 3.14. The van der Waals surface area contributed by atoms with Crippen LogP contribution < -0.4 is 0 Å². The first-order valence-electron chi connectivity index (χ1n) is 9.23. The SMILES string of the molecule is Brc1cccc(-c2ccc3c(-c4ccccc4)c(-c4ccccc4)oc3c2)c1. The van der Waals surface area contributed by atoms with Gasteiger partial charge in [0.1, 0.15) is 11.3 Å². The largest absolute Gasteiger partial charge is 0.455 e. The van der Waals surface area contributed by atoms with Crippen molar-refractivity contribution in [3.63, 3.8) is 0 Å². The summed E-state index contributed by atoms with van der Waals surface area (Å²) in [6.07, 6.45) is 0. The van der Waals surface area contributed by atoms with Gasteiger partial charge in [0, 0.05) is 21.0 Å². The number of rotatable bonds is 3. The second-order valence-corrected chi connectivity index (χ2v) is 7.68. The Bertz CT molecular complexity index is 1250. The minimum atomic E-state index is 0.898. The Labute approximate surface area is 172 Å². The van der Waals surface area contributed by atoms with Gasteiger partial charge >= 0.3 is 0 Å². The van der Waals surface area contributed by atoms with E-state index in [1.807, 2.05) is 30.3 Å². The van der Waals surface area contributed by atoms with Crippen LogP contribution in [0.5, 0.6) is 0 Å². The lowest BCUT2D eigenvalue weighted by molar-refractivity contribution is 0.632. The predicted molar refractivity (Wildman–Crippen MR) is 120 cm³/mol. The lowest BCUT2D eigenvalue weighted by atomic mass is 9.97. The molecule has 0 N–H and O–H groups in total. The van der Waals surface area contributed by atoms with E-state index in [1.54, 1.807) is 0 Å². The Morgan fingerprint density at radius 2 is 1.18 bits per heavy atom. The van der Waals surface area contributed by atoms with Gasteiger partial charge in [-0.1, -0.05) is 94.8 Å². The molecule has 0 saturated heterocycles. The van der Waals surface area contributed by atoms with Crippen LogP contribution in [0.15, 0.2) is 112 Å². The zero-order valence-corrected chi connectivity index (χ0v) is 16.7. The van der Waals surface area contributed by atoms with Crippen molar-refractivity contribution in [2.45, 2.75) is 0 Å². The molecule has 1 aromatic heterocycles. The molecule has 0 atom stereocenters. The fourth-order valence-electron chi connectivity index (χ4n) is 3.63. The molecule has 0 bridgehead atoms. The number of hydrogen-bond acceptors (Lipinski definition) is 1. The van der Waals surface area contributed by atoms with Gasteiger partial charge in [-0.3, -0.25) is 0 Å². The Morgan fingerprint density at radius 1 is 0.536 bits per heavy atom. The topological polar surface area (TPSA) is 13.1 Å². The maximum Gasteiger partial charge on any atom is 0.143 e. The third-order valence-electron chi connectivity index (χ3n) is 4.95. The van der Waals surface area contributed by atoms with E-state index in [2.05, 4.69) is 88.7 Å². The molecule has 0 aliphatic rings. The van der Waals surface area contributed by atoms with Crippen LogP contribution >= 0.6 is 15.9 Å². The normalized spacial score (nSPS) is 11.0. The molecule has 134 valence electrons. The summed E-state index contributed by atoms with van der Waals surface area (Å²) in [6, 6.07) is 35.6. The maximum atomic E-state index is 6.42. The van der Waals surface area contributed by atoms with Crippen molar-refractivity contribution in [1.29, 1.82) is 0 Å². The summed E-state index contributed by atoms with van der Waals surface area (Å²) in [5.41, 5.74) is 6.59. The van der Waals surface area contributed by atoms with E-state index in [0.29, 0.717) is 0 Å². The molecule has 0 spiro atoms. The van der Waals surface area contributed by atoms with Crippen LogP contribution in [0.4, 0.5) is 0 Å². The first kappa shape index (κ1) is 17.0. The fraction of sp³-hybridized carbons (Fsp3) is 0. The summed E-state index contributed by atoms with van der Waals surface area (Å²) in [4.78, 5) is 0. The minimum Gasteiger partial charge on any atom is -0.455 e. The van der Waals surface area contributed by atoms with E-state index >= 15 is 0 Å². The van der Waals surface area contributed by atoms with E-state index < -0.39 is 0 Å². The molecular weight excluding hydrogens is 408 g/mol. The fourth-order valence-corrected chi connectivity index (χ4v) is 4.03. The smallest absolute Gasteiger partial charge is 0.143 e. The van der Waals surface area contributed by atoms with Gasteiger partial charge in [-0.05, 0) is 41.0 Å². The first-order chi connectivity index (χ1) is 13.8. The van der Waals surface area contributed by atoms with Gasteiger partial charge in [-0.2, -0.15) is 0 Å². The van der Waals surface area contributed by atoms with Gasteiger partial charge in [0.2, 0.25) is 0 Å². The monoisotopic (exact) mass is 424 g/mol. The van der Waals surface area contributed by atoms with Gasteiger partial charge < -0.3 is 4.42 Å². The molecule has 0 radical (unpaired) electrons. The molecule has 0 unspecified atom stereocenters. The highest BCUT2D eigenvalue weighted by atomic mass is 79.9. The molecule has 4 aromatic carbocycles. The van der Waals surface area contributed by atoms with E-state index in [1.165, 1.54) is 0 Å². The zero-order chi connectivity index (χ0) is 18.9. The molecule has 0 saturated carbocycles. The summed E-state index contributed by atoms with van der Waals surface area (Å²) in [5, 5.41) is 1.13. The summed E-state index contributed by atoms with van der Waals surface area (Å²) in [6.45, 7) is 0. The number of benzene rings is 4. The van der Waals surface area contributed by atoms with Crippen LogP contribution in [0.25, 0.3) is 44.5 Å². The lowest BCUT2D eigenvalue weighted by Crippen LogP contribution is -1.81. The van der Waals surface area contributed by atoms with Crippen LogP contribution in [0, 0.1) is 0 Å². The Kier molecular flexibility index (Phi) is 4.34. The van der Waals surface area contributed by atoms with Crippen LogP contribution in [0.2, 0.25) is 0 Å². The van der Waals surface area contributed by atoms with Gasteiger partial charge in [0.25, 0.3) is 0 Å². The van der Waals surface area contributed by atoms with E-state index in [4.69, 9.17) is 4.42 Å². The molecule has 1 heterocycles. The molecule has 5 aromatic rings. The van der Waals surface area contributed by atoms with Gasteiger partial charge in [0.15, 0.2) is 0 Å². The summed E-state index contributed by atoms with van der Waals surface area (Å²) in [7, 11) is 0. The highest BCUT2D eigenvalue weighted by molar-refractivity contribution is 9.10. The second kappa shape index (κ2) is 7.14. The average molecular weight is 425 g/mol. The molecule has 0 fully saturated rings. The third kappa shape index (κ3) is 3.06. The zero-order valence-electron chi connectivity index (χ0n) is 15.1. The summed E-state index contributed by atoms with van der Waals surface area (Å²) in [5.74, 6) is 0.910. The molecule has 0 amide bonds. The minimum absolute atomic E-state index is 0.898. The van der Waals surface area contributed by atoms with E-state index in [9.17, 15) is 0 Å². The molecule has 0 aliphatic heterocycles. The van der Waals surface area contributed by atoms with Crippen molar-refractivity contribution >= 4 is 26.9 Å². The van der Waals surface area contributed by atoms with Crippen molar-refractivity contribution < 1.29 is 4.42 Å². The molecule has 1 nitrogen and oxygen atoms in total. The Hall–Kier alpha value is -3.10. The molecule has 5 rings (SSSR count). The van der Waals surface area contributed by atoms with Crippen LogP contribution in [0.1, 0.15) is 0 Å². The van der Waals surface area contributed by atoms with Crippen molar-refractivity contribution in [3.05, 3.63) is 108 Å². The number of fused-ring (bicyclic) bond motifs is 1. The van der Waals surface area contributed by atoms with E-state index in [0.717, 1.165) is 49.0 Å². The maximum absolute atomic E-state index is 6.42. The van der Waals surface area contributed by atoms with Crippen LogP contribution in [-0.4, -0.2) is 0 Å². The molecule has 0 aliphatic carbocycles. The van der Waals surface area contributed by atoms with E-state index in [-0.39, 0.29) is 0 Å². The van der Waals surface area contributed by atoms with Crippen molar-refractivity contribution in [2.24, 2.45) is 0 Å². The highest BCUT2D eigenvalue weighted by Gasteiger charge is 2.18. The Morgan fingerprint density at radius 3 is 1.89 bits per heavy atom. The van der Waals surface area contributed by atoms with Crippen molar-refractivity contribution in [3.8, 4) is 33.6 Å². The molecule has 28 heavy (non-hydrogen) atoms. The van der Waals surface area contributed by atoms with Crippen molar-refractivity contribution in [1.82, 2.24) is 0 Å². The molecule has 2 heteroatoms. The van der Waals surface area contributed by atoms with Gasteiger partial charge in [-0.15, -0.1) is 0 Å². The number of furan rings is 1. The quantitative estimate of drug-likeness (QED) is 0.284.